The first-order valence-electron chi connectivity index (χ1n) is 13.5. The maximum atomic E-state index is 14.0. The fourth-order valence-corrected chi connectivity index (χ4v) is 6.64. The van der Waals surface area contributed by atoms with Crippen LogP contribution >= 0.6 is 0 Å². The number of para-hydroxylation sites is 1. The molecule has 0 bridgehead atoms. The van der Waals surface area contributed by atoms with Gasteiger partial charge in [0, 0.05) is 69.3 Å². The summed E-state index contributed by atoms with van der Waals surface area (Å²) in [6.45, 7) is 11.0. The summed E-state index contributed by atoms with van der Waals surface area (Å²) in [7, 11) is 0. The molecule has 2 unspecified atom stereocenters. The predicted octanol–water partition coefficient (Wildman–Crippen LogP) is 5.31. The monoisotopic (exact) mass is 514 g/mol. The molecule has 3 heterocycles. The van der Waals surface area contributed by atoms with E-state index in [0.717, 1.165) is 51.6 Å². The Labute approximate surface area is 217 Å². The van der Waals surface area contributed by atoms with Crippen LogP contribution in [0.15, 0.2) is 36.5 Å². The summed E-state index contributed by atoms with van der Waals surface area (Å²) in [6, 6.07) is 10.0. The molecule has 1 aliphatic carbocycles. The van der Waals surface area contributed by atoms with Gasteiger partial charge in [-0.25, -0.2) is 0 Å². The van der Waals surface area contributed by atoms with Gasteiger partial charge in [-0.2, -0.15) is 13.2 Å². The van der Waals surface area contributed by atoms with Crippen LogP contribution in [-0.4, -0.2) is 59.5 Å². The number of rotatable bonds is 4. The number of anilines is 1. The molecule has 37 heavy (non-hydrogen) atoms. The van der Waals surface area contributed by atoms with Crippen LogP contribution in [0.4, 0.5) is 18.9 Å². The van der Waals surface area contributed by atoms with Crippen molar-refractivity contribution >= 4 is 11.6 Å². The van der Waals surface area contributed by atoms with Crippen molar-refractivity contribution in [1.82, 2.24) is 14.8 Å². The SMILES string of the molecule is Cc1ccccc1N1CCN(C2CCC(C(=O)N3CCc4ncc(C(F)(F)F)cc4C3)(C(C)C)C2)CC1. The topological polar surface area (TPSA) is 39.7 Å². The number of pyridine rings is 1. The first kappa shape index (κ1) is 26.0. The Morgan fingerprint density at radius 3 is 2.51 bits per heavy atom. The van der Waals surface area contributed by atoms with Crippen molar-refractivity contribution in [1.29, 1.82) is 0 Å². The summed E-state index contributed by atoms with van der Waals surface area (Å²) in [5.74, 6) is 0.269. The second kappa shape index (κ2) is 9.93. The number of alkyl halides is 3. The Hall–Kier alpha value is -2.61. The molecule has 2 aromatic rings. The fraction of sp³-hybridized carbons (Fsp3) is 0.586. The van der Waals surface area contributed by atoms with Gasteiger partial charge in [-0.3, -0.25) is 14.7 Å². The highest BCUT2D eigenvalue weighted by Crippen LogP contribution is 2.48. The molecular weight excluding hydrogens is 477 g/mol. The summed E-state index contributed by atoms with van der Waals surface area (Å²) in [5, 5.41) is 0. The van der Waals surface area contributed by atoms with Gasteiger partial charge in [-0.1, -0.05) is 32.0 Å². The van der Waals surface area contributed by atoms with E-state index >= 15 is 0 Å². The van der Waals surface area contributed by atoms with Crippen molar-refractivity contribution in [2.75, 3.05) is 37.6 Å². The quantitative estimate of drug-likeness (QED) is 0.555. The zero-order valence-corrected chi connectivity index (χ0v) is 22.0. The van der Waals surface area contributed by atoms with Crippen molar-refractivity contribution < 1.29 is 18.0 Å². The van der Waals surface area contributed by atoms with E-state index in [1.165, 1.54) is 17.3 Å². The number of fused-ring (bicyclic) bond motifs is 1. The first-order valence-corrected chi connectivity index (χ1v) is 13.5. The zero-order valence-electron chi connectivity index (χ0n) is 22.0. The standard InChI is InChI=1S/C29H37F3N4O/c1-20(2)28(27(37)36-11-9-25-22(19-36)16-23(18-33-25)29(30,31)32)10-8-24(17-28)34-12-14-35(15-13-34)26-7-5-4-6-21(26)3/h4-7,16,18,20,24H,8-15,17,19H2,1-3H3. The first-order chi connectivity index (χ1) is 17.6. The van der Waals surface area contributed by atoms with E-state index in [1.807, 2.05) is 0 Å². The third kappa shape index (κ3) is 4.97. The summed E-state index contributed by atoms with van der Waals surface area (Å²) in [6.07, 6.45) is -0.397. The normalized spacial score (nSPS) is 25.0. The van der Waals surface area contributed by atoms with Crippen LogP contribution in [0.5, 0.6) is 0 Å². The Balaban J connectivity index is 1.27. The summed E-state index contributed by atoms with van der Waals surface area (Å²) < 4.78 is 39.8. The molecule has 0 N–H and O–H groups in total. The molecule has 200 valence electrons. The lowest BCUT2D eigenvalue weighted by molar-refractivity contribution is -0.146. The molecule has 2 aliphatic heterocycles. The van der Waals surface area contributed by atoms with Gasteiger partial charge in [-0.05, 0) is 55.4 Å². The summed E-state index contributed by atoms with van der Waals surface area (Å²) >= 11 is 0. The van der Waals surface area contributed by atoms with Gasteiger partial charge in [0.2, 0.25) is 5.91 Å². The molecule has 8 heteroatoms. The van der Waals surface area contributed by atoms with Crippen LogP contribution in [0.2, 0.25) is 0 Å². The lowest BCUT2D eigenvalue weighted by Crippen LogP contribution is -2.51. The molecule has 1 aromatic heterocycles. The maximum absolute atomic E-state index is 14.0. The minimum atomic E-state index is -4.44. The number of carbonyl (C=O) groups is 1. The average Bonchev–Trinajstić information content (AvgIpc) is 3.34. The van der Waals surface area contributed by atoms with E-state index in [-0.39, 0.29) is 18.4 Å². The van der Waals surface area contributed by atoms with Gasteiger partial charge in [0.05, 0.1) is 11.0 Å². The molecular formula is C29H37F3N4O. The highest BCUT2D eigenvalue weighted by molar-refractivity contribution is 5.83. The third-order valence-electron chi connectivity index (χ3n) is 9.00. The van der Waals surface area contributed by atoms with Crippen LogP contribution in [-0.2, 0) is 23.9 Å². The molecule has 5 nitrogen and oxygen atoms in total. The number of nitrogens with zero attached hydrogens (tertiary/aromatic N) is 4. The molecule has 1 saturated carbocycles. The summed E-state index contributed by atoms with van der Waals surface area (Å²) in [5.41, 5.74) is 2.58. The zero-order chi connectivity index (χ0) is 26.4. The van der Waals surface area contributed by atoms with E-state index < -0.39 is 17.2 Å². The summed E-state index contributed by atoms with van der Waals surface area (Å²) in [4.78, 5) is 24.9. The molecule has 2 fully saturated rings. The van der Waals surface area contributed by atoms with E-state index in [2.05, 4.69) is 59.8 Å². The molecule has 1 saturated heterocycles. The third-order valence-corrected chi connectivity index (χ3v) is 9.00. The Bertz CT molecular complexity index is 1140. The van der Waals surface area contributed by atoms with E-state index in [1.54, 1.807) is 4.90 Å². The number of hydrogen-bond acceptors (Lipinski definition) is 4. The number of halogens is 3. The van der Waals surface area contributed by atoms with E-state index in [9.17, 15) is 18.0 Å². The molecule has 2 atom stereocenters. The lowest BCUT2D eigenvalue weighted by atomic mass is 9.73. The van der Waals surface area contributed by atoms with Gasteiger partial charge >= 0.3 is 6.18 Å². The van der Waals surface area contributed by atoms with Crippen molar-refractivity contribution in [3.05, 3.63) is 58.9 Å². The van der Waals surface area contributed by atoms with Crippen molar-refractivity contribution in [3.63, 3.8) is 0 Å². The Morgan fingerprint density at radius 2 is 1.84 bits per heavy atom. The minimum absolute atomic E-state index is 0.103. The number of aromatic nitrogens is 1. The Kier molecular flexibility index (Phi) is 6.98. The molecule has 0 spiro atoms. The van der Waals surface area contributed by atoms with Gasteiger partial charge in [0.1, 0.15) is 0 Å². The van der Waals surface area contributed by atoms with Crippen LogP contribution < -0.4 is 4.90 Å². The van der Waals surface area contributed by atoms with Crippen LogP contribution in [0.3, 0.4) is 0 Å². The maximum Gasteiger partial charge on any atom is 0.417 e. The number of piperazine rings is 1. The molecule has 0 radical (unpaired) electrons. The van der Waals surface area contributed by atoms with Gasteiger partial charge in [0.15, 0.2) is 0 Å². The highest BCUT2D eigenvalue weighted by atomic mass is 19.4. The molecule has 1 aromatic carbocycles. The van der Waals surface area contributed by atoms with Gasteiger partial charge in [0.25, 0.3) is 0 Å². The van der Waals surface area contributed by atoms with E-state index in [4.69, 9.17) is 0 Å². The lowest BCUT2D eigenvalue weighted by Gasteiger charge is -2.42. The van der Waals surface area contributed by atoms with Gasteiger partial charge < -0.3 is 9.80 Å². The minimum Gasteiger partial charge on any atom is -0.369 e. The average molecular weight is 515 g/mol. The smallest absolute Gasteiger partial charge is 0.369 e. The van der Waals surface area contributed by atoms with E-state index in [0.29, 0.717) is 30.3 Å². The predicted molar refractivity (Wildman–Crippen MR) is 138 cm³/mol. The van der Waals surface area contributed by atoms with Crippen molar-refractivity contribution in [2.45, 2.75) is 65.2 Å². The molecule has 3 aliphatic rings. The number of hydrogen-bond donors (Lipinski definition) is 0. The Morgan fingerprint density at radius 1 is 1.11 bits per heavy atom. The molecule has 1 amide bonds. The number of benzene rings is 1. The number of aryl methyl sites for hydroxylation is 1. The van der Waals surface area contributed by atoms with Gasteiger partial charge in [-0.15, -0.1) is 0 Å². The second-order valence-electron chi connectivity index (χ2n) is 11.3. The van der Waals surface area contributed by atoms with Crippen LogP contribution in [0.1, 0.15) is 55.5 Å². The molecule has 5 rings (SSSR count). The van der Waals surface area contributed by atoms with Crippen molar-refractivity contribution in [2.24, 2.45) is 11.3 Å². The van der Waals surface area contributed by atoms with Crippen LogP contribution in [0, 0.1) is 18.3 Å². The second-order valence-corrected chi connectivity index (χ2v) is 11.3. The number of carbonyl (C=O) groups excluding carboxylic acids is 1. The fourth-order valence-electron chi connectivity index (χ4n) is 6.64. The number of amides is 1. The highest BCUT2D eigenvalue weighted by Gasteiger charge is 2.51. The van der Waals surface area contributed by atoms with Crippen LogP contribution in [0.25, 0.3) is 0 Å². The largest absolute Gasteiger partial charge is 0.417 e. The van der Waals surface area contributed by atoms with Crippen molar-refractivity contribution in [3.8, 4) is 0 Å².